The largest absolute Gasteiger partial charge is 0.481 e. The zero-order valence-corrected chi connectivity index (χ0v) is 12.5. The Balaban J connectivity index is 2.26. The molecule has 2 rings (SSSR count). The number of benzene rings is 1. The molecule has 2 atom stereocenters. The molecule has 1 aromatic carbocycles. The van der Waals surface area contributed by atoms with Crippen LogP contribution in [-0.2, 0) is 4.79 Å². The minimum atomic E-state index is -0.898. The van der Waals surface area contributed by atoms with Gasteiger partial charge in [-0.25, -0.2) is 0 Å². The Labute approximate surface area is 127 Å². The second-order valence-corrected chi connectivity index (χ2v) is 5.58. The predicted octanol–water partition coefficient (Wildman–Crippen LogP) is 2.23. The van der Waals surface area contributed by atoms with Gasteiger partial charge in [0.15, 0.2) is 0 Å². The van der Waals surface area contributed by atoms with Crippen LogP contribution in [0, 0.1) is 23.0 Å². The number of nitrogens with zero attached hydrogens (tertiary/aromatic N) is 2. The van der Waals surface area contributed by atoms with E-state index in [9.17, 15) is 24.8 Å². The van der Waals surface area contributed by atoms with Gasteiger partial charge < -0.3 is 10.0 Å². The summed E-state index contributed by atoms with van der Waals surface area (Å²) in [6.07, 6.45) is 1.19. The third kappa shape index (κ3) is 2.93. The number of nitro benzene ring substituents is 1. The number of rotatable bonds is 3. The topological polar surface area (TPSA) is 101 Å². The lowest BCUT2D eigenvalue weighted by Gasteiger charge is -2.37. The Hall–Kier alpha value is -2.44. The van der Waals surface area contributed by atoms with Crippen molar-refractivity contribution in [2.45, 2.75) is 32.7 Å². The SMILES string of the molecule is Cc1cc(C(=O)N2CCC[C@@H](C(=O)O)[C@H]2C)ccc1[N+](=O)[O-]. The van der Waals surface area contributed by atoms with Crippen molar-refractivity contribution in [3.63, 3.8) is 0 Å². The van der Waals surface area contributed by atoms with E-state index in [-0.39, 0.29) is 11.6 Å². The molecule has 1 saturated heterocycles. The van der Waals surface area contributed by atoms with Gasteiger partial charge in [-0.15, -0.1) is 0 Å². The van der Waals surface area contributed by atoms with E-state index in [4.69, 9.17) is 0 Å². The monoisotopic (exact) mass is 306 g/mol. The van der Waals surface area contributed by atoms with Crippen LogP contribution in [0.15, 0.2) is 18.2 Å². The van der Waals surface area contributed by atoms with Crippen LogP contribution in [0.4, 0.5) is 5.69 Å². The molecule has 1 N–H and O–H groups in total. The van der Waals surface area contributed by atoms with Crippen LogP contribution in [0.5, 0.6) is 0 Å². The van der Waals surface area contributed by atoms with E-state index in [1.54, 1.807) is 18.7 Å². The zero-order valence-electron chi connectivity index (χ0n) is 12.5. The van der Waals surface area contributed by atoms with Crippen molar-refractivity contribution in [1.82, 2.24) is 4.90 Å². The molecule has 1 fully saturated rings. The highest BCUT2D eigenvalue weighted by Gasteiger charge is 2.35. The molecular weight excluding hydrogens is 288 g/mol. The quantitative estimate of drug-likeness (QED) is 0.681. The van der Waals surface area contributed by atoms with Crippen LogP contribution in [0.2, 0.25) is 0 Å². The number of nitro groups is 1. The molecule has 1 heterocycles. The molecule has 1 amide bonds. The zero-order chi connectivity index (χ0) is 16.4. The van der Waals surface area contributed by atoms with Crippen molar-refractivity contribution >= 4 is 17.6 Å². The molecule has 1 aliphatic rings. The molecule has 7 heteroatoms. The standard InChI is InChI=1S/C15H18N2O5/c1-9-8-11(5-6-13(9)17(21)22)14(18)16-7-3-4-12(10(16)2)15(19)20/h5-6,8,10,12H,3-4,7H2,1-2H3,(H,19,20)/t10-,12-/m1/s1. The summed E-state index contributed by atoms with van der Waals surface area (Å²) in [4.78, 5) is 35.7. The molecule has 0 aromatic heterocycles. The molecule has 118 valence electrons. The number of carboxylic acid groups (broad SMARTS) is 1. The van der Waals surface area contributed by atoms with Crippen molar-refractivity contribution in [3.8, 4) is 0 Å². The van der Waals surface area contributed by atoms with Crippen molar-refractivity contribution in [2.24, 2.45) is 5.92 Å². The molecule has 0 unspecified atom stereocenters. The Kier molecular flexibility index (Phi) is 4.44. The summed E-state index contributed by atoms with van der Waals surface area (Å²) in [5.74, 6) is -1.75. The summed E-state index contributed by atoms with van der Waals surface area (Å²) in [6, 6.07) is 3.82. The van der Waals surface area contributed by atoms with Gasteiger partial charge >= 0.3 is 5.97 Å². The van der Waals surface area contributed by atoms with E-state index in [1.165, 1.54) is 18.2 Å². The van der Waals surface area contributed by atoms with Crippen molar-refractivity contribution in [1.29, 1.82) is 0 Å². The van der Waals surface area contributed by atoms with Crippen molar-refractivity contribution in [3.05, 3.63) is 39.4 Å². The molecule has 0 spiro atoms. The van der Waals surface area contributed by atoms with Crippen LogP contribution in [0.3, 0.4) is 0 Å². The Morgan fingerprint density at radius 1 is 1.41 bits per heavy atom. The van der Waals surface area contributed by atoms with E-state index in [0.29, 0.717) is 30.5 Å². The van der Waals surface area contributed by atoms with Gasteiger partial charge in [0.05, 0.1) is 10.8 Å². The maximum Gasteiger partial charge on any atom is 0.308 e. The number of likely N-dealkylation sites (tertiary alicyclic amines) is 1. The maximum absolute atomic E-state index is 12.6. The van der Waals surface area contributed by atoms with Gasteiger partial charge in [-0.05, 0) is 38.8 Å². The smallest absolute Gasteiger partial charge is 0.308 e. The molecule has 0 radical (unpaired) electrons. The van der Waals surface area contributed by atoms with Gasteiger partial charge in [-0.2, -0.15) is 0 Å². The van der Waals surface area contributed by atoms with Crippen LogP contribution >= 0.6 is 0 Å². The molecule has 0 aliphatic carbocycles. The average molecular weight is 306 g/mol. The number of hydrogen-bond acceptors (Lipinski definition) is 4. The fourth-order valence-corrected chi connectivity index (χ4v) is 2.92. The summed E-state index contributed by atoms with van der Waals surface area (Å²) in [6.45, 7) is 3.81. The van der Waals surface area contributed by atoms with Gasteiger partial charge in [0, 0.05) is 29.8 Å². The number of carboxylic acids is 1. The fourth-order valence-electron chi connectivity index (χ4n) is 2.92. The van der Waals surface area contributed by atoms with Gasteiger partial charge in [0.25, 0.3) is 11.6 Å². The second-order valence-electron chi connectivity index (χ2n) is 5.58. The highest BCUT2D eigenvalue weighted by atomic mass is 16.6. The highest BCUT2D eigenvalue weighted by Crippen LogP contribution is 2.26. The number of hydrogen-bond donors (Lipinski definition) is 1. The van der Waals surface area contributed by atoms with Gasteiger partial charge in [-0.3, -0.25) is 19.7 Å². The van der Waals surface area contributed by atoms with Crippen LogP contribution < -0.4 is 0 Å². The number of piperidine rings is 1. The first kappa shape index (κ1) is 15.9. The number of carbonyl (C=O) groups is 2. The van der Waals surface area contributed by atoms with Crippen LogP contribution in [-0.4, -0.2) is 39.4 Å². The van der Waals surface area contributed by atoms with E-state index in [2.05, 4.69) is 0 Å². The lowest BCUT2D eigenvalue weighted by atomic mass is 9.89. The lowest BCUT2D eigenvalue weighted by molar-refractivity contribution is -0.385. The minimum Gasteiger partial charge on any atom is -0.481 e. The third-order valence-corrected chi connectivity index (χ3v) is 4.21. The number of aryl methyl sites for hydroxylation is 1. The van der Waals surface area contributed by atoms with E-state index >= 15 is 0 Å². The maximum atomic E-state index is 12.6. The molecular formula is C15H18N2O5. The minimum absolute atomic E-state index is 0.0355. The fraction of sp³-hybridized carbons (Fsp3) is 0.467. The molecule has 1 aromatic rings. The molecule has 7 nitrogen and oxygen atoms in total. The second kappa shape index (κ2) is 6.13. The summed E-state index contributed by atoms with van der Waals surface area (Å²) >= 11 is 0. The van der Waals surface area contributed by atoms with Crippen LogP contribution in [0.25, 0.3) is 0 Å². The summed E-state index contributed by atoms with van der Waals surface area (Å²) in [5.41, 5.74) is 0.725. The Morgan fingerprint density at radius 3 is 2.64 bits per heavy atom. The van der Waals surface area contributed by atoms with Gasteiger partial charge in [-0.1, -0.05) is 0 Å². The van der Waals surface area contributed by atoms with E-state index < -0.39 is 22.9 Å². The van der Waals surface area contributed by atoms with E-state index in [1.807, 2.05) is 0 Å². The first-order chi connectivity index (χ1) is 10.3. The van der Waals surface area contributed by atoms with E-state index in [0.717, 1.165) is 0 Å². The van der Waals surface area contributed by atoms with Crippen molar-refractivity contribution in [2.75, 3.05) is 6.54 Å². The Bertz CT molecular complexity index is 628. The number of amides is 1. The number of aliphatic carboxylic acids is 1. The summed E-state index contributed by atoms with van der Waals surface area (Å²) in [5, 5.41) is 20.0. The predicted molar refractivity (Wildman–Crippen MR) is 78.7 cm³/mol. The van der Waals surface area contributed by atoms with Gasteiger partial charge in [0.1, 0.15) is 0 Å². The molecule has 22 heavy (non-hydrogen) atoms. The molecule has 1 aliphatic heterocycles. The van der Waals surface area contributed by atoms with Crippen LogP contribution in [0.1, 0.15) is 35.7 Å². The normalized spacial score (nSPS) is 21.5. The lowest BCUT2D eigenvalue weighted by Crippen LogP contribution is -2.49. The molecule has 0 bridgehead atoms. The summed E-state index contributed by atoms with van der Waals surface area (Å²) < 4.78 is 0. The highest BCUT2D eigenvalue weighted by molar-refractivity contribution is 5.95. The first-order valence-electron chi connectivity index (χ1n) is 7.11. The third-order valence-electron chi connectivity index (χ3n) is 4.21. The molecule has 0 saturated carbocycles. The van der Waals surface area contributed by atoms with Crippen molar-refractivity contribution < 1.29 is 19.6 Å². The van der Waals surface area contributed by atoms with Gasteiger partial charge in [0.2, 0.25) is 0 Å². The summed E-state index contributed by atoms with van der Waals surface area (Å²) in [7, 11) is 0. The first-order valence-corrected chi connectivity index (χ1v) is 7.11. The average Bonchev–Trinajstić information content (AvgIpc) is 2.46. The Morgan fingerprint density at radius 2 is 2.09 bits per heavy atom. The number of carbonyl (C=O) groups excluding carboxylic acids is 1.